The molecule has 2 heterocycles. The molecular formula is C16H18N6O2. The van der Waals surface area contributed by atoms with E-state index in [1.807, 2.05) is 32.9 Å². The number of aromatic amines is 1. The Morgan fingerprint density at radius 3 is 2.62 bits per heavy atom. The molecule has 24 heavy (non-hydrogen) atoms. The van der Waals surface area contributed by atoms with Crippen molar-refractivity contribution in [3.05, 3.63) is 47.6 Å². The number of benzene rings is 1. The summed E-state index contributed by atoms with van der Waals surface area (Å²) in [5.74, 6) is 0.933. The normalized spacial score (nSPS) is 12.3. The van der Waals surface area contributed by atoms with Crippen molar-refractivity contribution >= 4 is 5.91 Å². The second kappa shape index (κ2) is 6.61. The van der Waals surface area contributed by atoms with E-state index >= 15 is 0 Å². The topological polar surface area (TPSA) is 110 Å². The van der Waals surface area contributed by atoms with Crippen LogP contribution in [0, 0.1) is 12.8 Å². The molecular weight excluding hydrogens is 308 g/mol. The van der Waals surface area contributed by atoms with Crippen molar-refractivity contribution in [3.8, 4) is 11.6 Å². The molecule has 1 amide bonds. The summed E-state index contributed by atoms with van der Waals surface area (Å²) < 4.78 is 5.30. The van der Waals surface area contributed by atoms with Crippen LogP contribution in [0.2, 0.25) is 0 Å². The average Bonchev–Trinajstić information content (AvgIpc) is 3.23. The minimum absolute atomic E-state index is 0.0717. The van der Waals surface area contributed by atoms with E-state index < -0.39 is 6.04 Å². The first kappa shape index (κ1) is 15.9. The van der Waals surface area contributed by atoms with Gasteiger partial charge in [0.2, 0.25) is 11.7 Å². The van der Waals surface area contributed by atoms with Crippen molar-refractivity contribution < 1.29 is 9.32 Å². The number of aryl methyl sites for hydroxylation is 1. The summed E-state index contributed by atoms with van der Waals surface area (Å²) in [4.78, 5) is 20.7. The third-order valence-corrected chi connectivity index (χ3v) is 3.60. The van der Waals surface area contributed by atoms with E-state index in [-0.39, 0.29) is 11.8 Å². The Balaban J connectivity index is 1.80. The number of amides is 1. The molecule has 0 aliphatic carbocycles. The van der Waals surface area contributed by atoms with Crippen molar-refractivity contribution in [1.82, 2.24) is 30.6 Å². The number of carbonyl (C=O) groups excluding carboxylic acids is 1. The van der Waals surface area contributed by atoms with Gasteiger partial charge in [0.15, 0.2) is 5.82 Å². The highest BCUT2D eigenvalue weighted by molar-refractivity contribution is 5.94. The van der Waals surface area contributed by atoms with Crippen LogP contribution in [-0.4, -0.2) is 31.2 Å². The standard InChI is InChI=1S/C16H18N6O2/c1-9(2)12(19-15(23)11-6-4-10(3)5-7-11)16-20-14(22-24-16)13-17-8-18-21-13/h4-9,12H,1-3H3,(H,19,23)(H,17,18,21). The number of hydrogen-bond donors (Lipinski definition) is 2. The Morgan fingerprint density at radius 2 is 2.00 bits per heavy atom. The second-order valence-corrected chi connectivity index (χ2v) is 5.85. The summed E-state index contributed by atoms with van der Waals surface area (Å²) in [6.45, 7) is 5.92. The summed E-state index contributed by atoms with van der Waals surface area (Å²) in [5, 5.41) is 13.3. The van der Waals surface area contributed by atoms with Crippen molar-refractivity contribution in [2.24, 2.45) is 5.92 Å². The van der Waals surface area contributed by atoms with Gasteiger partial charge >= 0.3 is 0 Å². The van der Waals surface area contributed by atoms with Gasteiger partial charge in [-0.2, -0.15) is 10.1 Å². The molecule has 0 saturated heterocycles. The molecule has 1 atom stereocenters. The smallest absolute Gasteiger partial charge is 0.251 e. The Bertz CT molecular complexity index is 807. The van der Waals surface area contributed by atoms with Gasteiger partial charge < -0.3 is 9.84 Å². The van der Waals surface area contributed by atoms with Gasteiger partial charge in [-0.05, 0) is 25.0 Å². The zero-order valence-corrected chi connectivity index (χ0v) is 13.6. The Morgan fingerprint density at radius 1 is 1.25 bits per heavy atom. The van der Waals surface area contributed by atoms with E-state index in [0.717, 1.165) is 5.56 Å². The first-order valence-electron chi connectivity index (χ1n) is 7.61. The fraction of sp³-hybridized carbons (Fsp3) is 0.312. The lowest BCUT2D eigenvalue weighted by atomic mass is 10.0. The number of H-pyrrole nitrogens is 1. The van der Waals surface area contributed by atoms with E-state index in [4.69, 9.17) is 4.52 Å². The number of hydrogen-bond acceptors (Lipinski definition) is 6. The molecule has 3 rings (SSSR count). The Kier molecular flexibility index (Phi) is 4.37. The maximum absolute atomic E-state index is 12.5. The fourth-order valence-corrected chi connectivity index (χ4v) is 2.21. The molecule has 0 aliphatic heterocycles. The van der Waals surface area contributed by atoms with Crippen LogP contribution in [0.25, 0.3) is 11.6 Å². The van der Waals surface area contributed by atoms with Gasteiger partial charge in [-0.25, -0.2) is 4.98 Å². The number of nitrogens with zero attached hydrogens (tertiary/aromatic N) is 4. The highest BCUT2D eigenvalue weighted by atomic mass is 16.5. The van der Waals surface area contributed by atoms with Crippen molar-refractivity contribution in [2.75, 3.05) is 0 Å². The highest BCUT2D eigenvalue weighted by Crippen LogP contribution is 2.22. The fourth-order valence-electron chi connectivity index (χ4n) is 2.21. The van der Waals surface area contributed by atoms with E-state index in [9.17, 15) is 4.79 Å². The van der Waals surface area contributed by atoms with Gasteiger partial charge in [0.05, 0.1) is 0 Å². The van der Waals surface area contributed by atoms with Crippen molar-refractivity contribution in [2.45, 2.75) is 26.8 Å². The number of aromatic nitrogens is 5. The predicted molar refractivity (Wildman–Crippen MR) is 85.9 cm³/mol. The predicted octanol–water partition coefficient (Wildman–Crippen LogP) is 2.29. The van der Waals surface area contributed by atoms with Crippen molar-refractivity contribution in [1.29, 1.82) is 0 Å². The van der Waals surface area contributed by atoms with Crippen LogP contribution in [-0.2, 0) is 0 Å². The first-order valence-corrected chi connectivity index (χ1v) is 7.61. The van der Waals surface area contributed by atoms with Gasteiger partial charge in [0.1, 0.15) is 12.4 Å². The largest absolute Gasteiger partial charge is 0.340 e. The zero-order valence-electron chi connectivity index (χ0n) is 13.6. The summed E-state index contributed by atoms with van der Waals surface area (Å²) in [7, 11) is 0. The molecule has 0 bridgehead atoms. The van der Waals surface area contributed by atoms with Crippen LogP contribution < -0.4 is 5.32 Å². The van der Waals surface area contributed by atoms with Gasteiger partial charge in [-0.3, -0.25) is 9.89 Å². The van der Waals surface area contributed by atoms with Crippen LogP contribution in [0.1, 0.15) is 41.7 Å². The second-order valence-electron chi connectivity index (χ2n) is 5.85. The van der Waals surface area contributed by atoms with Gasteiger partial charge in [-0.15, -0.1) is 0 Å². The van der Waals surface area contributed by atoms with E-state index in [1.54, 1.807) is 12.1 Å². The Labute approximate surface area is 138 Å². The summed E-state index contributed by atoms with van der Waals surface area (Å²) in [5.41, 5.74) is 1.68. The molecule has 0 fully saturated rings. The van der Waals surface area contributed by atoms with Crippen LogP contribution >= 0.6 is 0 Å². The number of nitrogens with one attached hydrogen (secondary N) is 2. The third-order valence-electron chi connectivity index (χ3n) is 3.60. The quantitative estimate of drug-likeness (QED) is 0.744. The van der Waals surface area contributed by atoms with Crippen LogP contribution in [0.15, 0.2) is 35.1 Å². The van der Waals surface area contributed by atoms with Crippen LogP contribution in [0.3, 0.4) is 0 Å². The average molecular weight is 326 g/mol. The molecule has 0 saturated carbocycles. The summed E-state index contributed by atoms with van der Waals surface area (Å²) in [6, 6.07) is 6.97. The minimum Gasteiger partial charge on any atom is -0.340 e. The molecule has 1 aromatic carbocycles. The monoisotopic (exact) mass is 326 g/mol. The maximum atomic E-state index is 12.5. The SMILES string of the molecule is Cc1ccc(C(=O)NC(c2nc(-c3ncn[nH]3)no2)C(C)C)cc1. The molecule has 8 nitrogen and oxygen atoms in total. The van der Waals surface area contributed by atoms with E-state index in [0.29, 0.717) is 23.1 Å². The van der Waals surface area contributed by atoms with Gasteiger partial charge in [0.25, 0.3) is 5.91 Å². The molecule has 124 valence electrons. The zero-order chi connectivity index (χ0) is 17.1. The summed E-state index contributed by atoms with van der Waals surface area (Å²) >= 11 is 0. The lowest BCUT2D eigenvalue weighted by molar-refractivity contribution is 0.0914. The molecule has 0 radical (unpaired) electrons. The highest BCUT2D eigenvalue weighted by Gasteiger charge is 2.25. The van der Waals surface area contributed by atoms with Gasteiger partial charge in [-0.1, -0.05) is 36.7 Å². The first-order chi connectivity index (χ1) is 11.5. The molecule has 8 heteroatoms. The number of rotatable bonds is 5. The van der Waals surface area contributed by atoms with E-state index in [2.05, 4.69) is 30.6 Å². The third kappa shape index (κ3) is 3.32. The lowest BCUT2D eigenvalue weighted by Gasteiger charge is -2.18. The van der Waals surface area contributed by atoms with Crippen LogP contribution in [0.4, 0.5) is 0 Å². The lowest BCUT2D eigenvalue weighted by Crippen LogP contribution is -2.32. The molecule has 0 aliphatic rings. The van der Waals surface area contributed by atoms with Crippen LogP contribution in [0.5, 0.6) is 0 Å². The van der Waals surface area contributed by atoms with Crippen molar-refractivity contribution in [3.63, 3.8) is 0 Å². The van der Waals surface area contributed by atoms with E-state index in [1.165, 1.54) is 6.33 Å². The molecule has 1 unspecified atom stereocenters. The Hall–Kier alpha value is -3.03. The van der Waals surface area contributed by atoms with Gasteiger partial charge in [0, 0.05) is 5.56 Å². The molecule has 2 aromatic heterocycles. The number of carbonyl (C=O) groups is 1. The molecule has 0 spiro atoms. The molecule has 2 N–H and O–H groups in total. The minimum atomic E-state index is -0.400. The summed E-state index contributed by atoms with van der Waals surface area (Å²) in [6.07, 6.45) is 1.37. The molecule has 3 aromatic rings. The maximum Gasteiger partial charge on any atom is 0.251 e.